The second kappa shape index (κ2) is 4.73. The third kappa shape index (κ3) is 2.48. The molecule has 18 heavy (non-hydrogen) atoms. The number of benzene rings is 1. The molecule has 0 aliphatic rings. The van der Waals surface area contributed by atoms with Gasteiger partial charge in [0.1, 0.15) is 6.33 Å². The Morgan fingerprint density at radius 3 is 2.33 bits per heavy atom. The molecule has 1 aromatic heterocycles. The third-order valence-electron chi connectivity index (χ3n) is 2.49. The molecule has 3 nitrogen and oxygen atoms in total. The van der Waals surface area contributed by atoms with Crippen LogP contribution >= 0.6 is 0 Å². The van der Waals surface area contributed by atoms with Crippen LogP contribution in [-0.2, 0) is 12.7 Å². The largest absolute Gasteiger partial charge is 0.416 e. The first-order chi connectivity index (χ1) is 8.52. The molecule has 0 bridgehead atoms. The maximum atomic E-state index is 12.4. The summed E-state index contributed by atoms with van der Waals surface area (Å²) < 4.78 is 37.3. The topological polar surface area (TPSA) is 51.8 Å². The van der Waals surface area contributed by atoms with Gasteiger partial charge in [-0.05, 0) is 12.1 Å². The highest BCUT2D eigenvalue weighted by Gasteiger charge is 2.30. The molecule has 2 aromatic rings. The molecule has 6 heteroatoms. The van der Waals surface area contributed by atoms with Gasteiger partial charge in [0.15, 0.2) is 0 Å². The van der Waals surface area contributed by atoms with Crippen LogP contribution in [0, 0.1) is 0 Å². The Morgan fingerprint density at radius 1 is 1.11 bits per heavy atom. The molecule has 1 aromatic carbocycles. The fraction of sp³-hybridized carbons (Fsp3) is 0.167. The van der Waals surface area contributed by atoms with Crippen LogP contribution < -0.4 is 5.73 Å². The number of hydrogen-bond donors (Lipinski definition) is 1. The van der Waals surface area contributed by atoms with E-state index in [1.807, 2.05) is 0 Å². The van der Waals surface area contributed by atoms with Crippen molar-refractivity contribution in [3.8, 4) is 11.3 Å². The van der Waals surface area contributed by atoms with Gasteiger partial charge in [-0.3, -0.25) is 0 Å². The lowest BCUT2D eigenvalue weighted by Crippen LogP contribution is -2.05. The summed E-state index contributed by atoms with van der Waals surface area (Å²) in [4.78, 5) is 7.87. The van der Waals surface area contributed by atoms with E-state index in [1.54, 1.807) is 6.20 Å². The Bertz CT molecular complexity index is 535. The fourth-order valence-electron chi connectivity index (χ4n) is 1.58. The lowest BCUT2D eigenvalue weighted by Gasteiger charge is -2.09. The van der Waals surface area contributed by atoms with Crippen molar-refractivity contribution in [1.82, 2.24) is 9.97 Å². The highest BCUT2D eigenvalue weighted by atomic mass is 19.4. The van der Waals surface area contributed by atoms with Gasteiger partial charge >= 0.3 is 6.18 Å². The normalized spacial score (nSPS) is 11.6. The highest BCUT2D eigenvalue weighted by Crippen LogP contribution is 2.31. The van der Waals surface area contributed by atoms with Gasteiger partial charge in [-0.2, -0.15) is 13.2 Å². The van der Waals surface area contributed by atoms with E-state index in [4.69, 9.17) is 5.73 Å². The van der Waals surface area contributed by atoms with Crippen LogP contribution in [0.1, 0.15) is 11.1 Å². The monoisotopic (exact) mass is 253 g/mol. The molecule has 2 N–H and O–H groups in total. The molecule has 0 fully saturated rings. The van der Waals surface area contributed by atoms with E-state index in [0.717, 1.165) is 12.1 Å². The van der Waals surface area contributed by atoms with Gasteiger partial charge in [-0.1, -0.05) is 12.1 Å². The Labute approximate surface area is 101 Å². The molecule has 0 unspecified atom stereocenters. The third-order valence-corrected chi connectivity index (χ3v) is 2.49. The van der Waals surface area contributed by atoms with E-state index in [0.29, 0.717) is 16.8 Å². The van der Waals surface area contributed by atoms with E-state index >= 15 is 0 Å². The molecule has 0 aliphatic heterocycles. The summed E-state index contributed by atoms with van der Waals surface area (Å²) >= 11 is 0. The summed E-state index contributed by atoms with van der Waals surface area (Å²) in [6.07, 6.45) is -1.44. The van der Waals surface area contributed by atoms with Crippen molar-refractivity contribution in [2.75, 3.05) is 0 Å². The Balaban J connectivity index is 2.41. The lowest BCUT2D eigenvalue weighted by atomic mass is 10.1. The first-order valence-corrected chi connectivity index (χ1v) is 5.19. The van der Waals surface area contributed by atoms with E-state index in [1.165, 1.54) is 18.5 Å². The summed E-state index contributed by atoms with van der Waals surface area (Å²) in [6, 6.07) is 4.81. The first-order valence-electron chi connectivity index (χ1n) is 5.19. The molecule has 0 radical (unpaired) electrons. The van der Waals surface area contributed by atoms with Gasteiger partial charge in [0, 0.05) is 23.9 Å². The predicted octanol–water partition coefficient (Wildman–Crippen LogP) is 2.62. The second-order valence-corrected chi connectivity index (χ2v) is 3.68. The summed E-state index contributed by atoms with van der Waals surface area (Å²) in [5.41, 5.74) is 6.68. The standard InChI is InChI=1S/C12H10F3N3/c13-12(14,15)10-3-1-8(2-4-10)11-9(5-16)6-17-7-18-11/h1-4,6-7H,5,16H2. The van der Waals surface area contributed by atoms with Crippen molar-refractivity contribution in [3.63, 3.8) is 0 Å². The minimum Gasteiger partial charge on any atom is -0.326 e. The van der Waals surface area contributed by atoms with Crippen LogP contribution in [0.25, 0.3) is 11.3 Å². The number of rotatable bonds is 2. The van der Waals surface area contributed by atoms with Crippen molar-refractivity contribution in [2.24, 2.45) is 5.73 Å². The number of nitrogens with zero attached hydrogens (tertiary/aromatic N) is 2. The number of alkyl halides is 3. The molecule has 94 valence electrons. The van der Waals surface area contributed by atoms with Crippen LogP contribution in [0.4, 0.5) is 13.2 Å². The van der Waals surface area contributed by atoms with E-state index in [9.17, 15) is 13.2 Å². The Hall–Kier alpha value is -1.95. The molecule has 0 spiro atoms. The summed E-state index contributed by atoms with van der Waals surface area (Å²) in [6.45, 7) is 0.233. The zero-order valence-electron chi connectivity index (χ0n) is 9.28. The quantitative estimate of drug-likeness (QED) is 0.895. The Kier molecular flexibility index (Phi) is 3.29. The zero-order valence-corrected chi connectivity index (χ0v) is 9.28. The Morgan fingerprint density at radius 2 is 1.78 bits per heavy atom. The first kappa shape index (κ1) is 12.5. The predicted molar refractivity (Wildman–Crippen MR) is 60.4 cm³/mol. The minimum atomic E-state index is -4.33. The van der Waals surface area contributed by atoms with Gasteiger partial charge in [0.25, 0.3) is 0 Å². The minimum absolute atomic E-state index is 0.233. The van der Waals surface area contributed by atoms with E-state index in [-0.39, 0.29) is 6.54 Å². The molecule has 0 aliphatic carbocycles. The summed E-state index contributed by atoms with van der Waals surface area (Å²) in [7, 11) is 0. The SMILES string of the molecule is NCc1cncnc1-c1ccc(C(F)(F)F)cc1. The van der Waals surface area contributed by atoms with Crippen molar-refractivity contribution < 1.29 is 13.2 Å². The molecule has 0 atom stereocenters. The van der Waals surface area contributed by atoms with E-state index in [2.05, 4.69) is 9.97 Å². The second-order valence-electron chi connectivity index (χ2n) is 3.68. The molecule has 0 saturated carbocycles. The molecular formula is C12H10F3N3. The van der Waals surface area contributed by atoms with Crippen LogP contribution in [-0.4, -0.2) is 9.97 Å². The van der Waals surface area contributed by atoms with Crippen LogP contribution in [0.3, 0.4) is 0 Å². The van der Waals surface area contributed by atoms with Crippen molar-refractivity contribution in [2.45, 2.75) is 12.7 Å². The molecule has 1 heterocycles. The average Bonchev–Trinajstić information content (AvgIpc) is 2.38. The summed E-state index contributed by atoms with van der Waals surface area (Å²) in [5.74, 6) is 0. The van der Waals surface area contributed by atoms with Gasteiger partial charge < -0.3 is 5.73 Å². The number of halogens is 3. The average molecular weight is 253 g/mol. The lowest BCUT2D eigenvalue weighted by molar-refractivity contribution is -0.137. The molecule has 2 rings (SSSR count). The van der Waals surface area contributed by atoms with Crippen LogP contribution in [0.15, 0.2) is 36.8 Å². The maximum absolute atomic E-state index is 12.4. The van der Waals surface area contributed by atoms with Crippen molar-refractivity contribution in [1.29, 1.82) is 0 Å². The molecule has 0 amide bonds. The van der Waals surface area contributed by atoms with Gasteiger partial charge in [0.05, 0.1) is 11.3 Å². The van der Waals surface area contributed by atoms with Gasteiger partial charge in [-0.25, -0.2) is 9.97 Å². The fourth-order valence-corrected chi connectivity index (χ4v) is 1.58. The van der Waals surface area contributed by atoms with Gasteiger partial charge in [-0.15, -0.1) is 0 Å². The van der Waals surface area contributed by atoms with Crippen LogP contribution in [0.2, 0.25) is 0 Å². The number of aromatic nitrogens is 2. The summed E-state index contributed by atoms with van der Waals surface area (Å²) in [5, 5.41) is 0. The van der Waals surface area contributed by atoms with Crippen molar-refractivity contribution in [3.05, 3.63) is 47.9 Å². The molecular weight excluding hydrogens is 243 g/mol. The van der Waals surface area contributed by atoms with Crippen LogP contribution in [0.5, 0.6) is 0 Å². The van der Waals surface area contributed by atoms with Gasteiger partial charge in [0.2, 0.25) is 0 Å². The molecule has 0 saturated heterocycles. The van der Waals surface area contributed by atoms with E-state index < -0.39 is 11.7 Å². The maximum Gasteiger partial charge on any atom is 0.416 e. The number of nitrogens with two attached hydrogens (primary N) is 1. The number of hydrogen-bond acceptors (Lipinski definition) is 3. The zero-order chi connectivity index (χ0) is 13.2. The highest BCUT2D eigenvalue weighted by molar-refractivity contribution is 5.62. The van der Waals surface area contributed by atoms with Crippen molar-refractivity contribution >= 4 is 0 Å². The smallest absolute Gasteiger partial charge is 0.326 e.